The van der Waals surface area contributed by atoms with Gasteiger partial charge in [0.05, 0.1) is 27.3 Å². The average Bonchev–Trinajstić information content (AvgIpc) is 2.69. The van der Waals surface area contributed by atoms with Crippen molar-refractivity contribution in [2.45, 2.75) is 0 Å². The Morgan fingerprint density at radius 1 is 1.00 bits per heavy atom. The first-order chi connectivity index (χ1) is 14.3. The number of para-hydroxylation sites is 2. The number of benzene rings is 3. The first-order valence-corrected chi connectivity index (χ1v) is 9.44. The van der Waals surface area contributed by atoms with Crippen molar-refractivity contribution < 1.29 is 15.0 Å². The molecule has 0 amide bonds. The van der Waals surface area contributed by atoms with Crippen molar-refractivity contribution in [3.8, 4) is 5.75 Å². The van der Waals surface area contributed by atoms with E-state index in [0.29, 0.717) is 16.9 Å². The van der Waals surface area contributed by atoms with Crippen molar-refractivity contribution in [1.29, 1.82) is 0 Å². The van der Waals surface area contributed by atoms with Crippen LogP contribution in [-0.4, -0.2) is 21.2 Å². The van der Waals surface area contributed by atoms with Gasteiger partial charge in [-0.2, -0.15) is 0 Å². The smallest absolute Gasteiger partial charge is 0.299 e. The van der Waals surface area contributed by atoms with E-state index in [4.69, 9.17) is 11.6 Å². The summed E-state index contributed by atoms with van der Waals surface area (Å²) < 4.78 is 0.754. The van der Waals surface area contributed by atoms with Gasteiger partial charge in [-0.3, -0.25) is 25.2 Å². The molecule has 0 bridgehead atoms. The van der Waals surface area contributed by atoms with Gasteiger partial charge in [0.1, 0.15) is 16.5 Å². The molecule has 2 N–H and O–H groups in total. The molecular weight excluding hydrogens is 480 g/mol. The number of nitrogens with zero attached hydrogens (tertiary/aromatic N) is 3. The van der Waals surface area contributed by atoms with E-state index in [2.05, 4.69) is 26.2 Å². The van der Waals surface area contributed by atoms with Gasteiger partial charge in [0, 0.05) is 16.3 Å². The quantitative estimate of drug-likeness (QED) is 0.243. The van der Waals surface area contributed by atoms with E-state index in [1.807, 2.05) is 0 Å². The summed E-state index contributed by atoms with van der Waals surface area (Å²) in [6.45, 7) is 0. The van der Waals surface area contributed by atoms with Crippen molar-refractivity contribution in [3.05, 3.63) is 89.9 Å². The molecule has 0 radical (unpaired) electrons. The Morgan fingerprint density at radius 2 is 1.70 bits per heavy atom. The van der Waals surface area contributed by atoms with Crippen LogP contribution in [0.4, 0.5) is 28.4 Å². The Bertz CT molecular complexity index is 1190. The van der Waals surface area contributed by atoms with Gasteiger partial charge in [-0.05, 0) is 36.4 Å². The summed E-state index contributed by atoms with van der Waals surface area (Å²) in [5.74, 6) is 0.0326. The zero-order valence-corrected chi connectivity index (χ0v) is 17.3. The number of aromatic hydroxyl groups is 1. The molecule has 0 aliphatic carbocycles. The fraction of sp³-hybridized carbons (Fsp3) is 0. The van der Waals surface area contributed by atoms with Crippen LogP contribution in [0, 0.1) is 20.2 Å². The topological polar surface area (TPSA) is 131 Å². The lowest BCUT2D eigenvalue weighted by molar-refractivity contribution is -0.393. The lowest BCUT2D eigenvalue weighted by atomic mass is 10.2. The number of anilines is 2. The van der Waals surface area contributed by atoms with E-state index in [0.717, 1.165) is 16.6 Å². The minimum absolute atomic E-state index is 0.0245. The highest BCUT2D eigenvalue weighted by Gasteiger charge is 2.24. The summed E-state index contributed by atoms with van der Waals surface area (Å²) in [5, 5.41) is 35.0. The predicted molar refractivity (Wildman–Crippen MR) is 118 cm³/mol. The van der Waals surface area contributed by atoms with Crippen LogP contribution < -0.4 is 5.32 Å². The zero-order chi connectivity index (χ0) is 21.8. The lowest BCUT2D eigenvalue weighted by Crippen LogP contribution is -2.00. The highest BCUT2D eigenvalue weighted by atomic mass is 79.9. The second-order valence-electron chi connectivity index (χ2n) is 5.94. The van der Waals surface area contributed by atoms with Crippen LogP contribution in [-0.2, 0) is 0 Å². The van der Waals surface area contributed by atoms with Crippen LogP contribution in [0.25, 0.3) is 0 Å². The summed E-state index contributed by atoms with van der Waals surface area (Å²) in [7, 11) is 0. The molecule has 9 nitrogen and oxygen atoms in total. The van der Waals surface area contributed by atoms with Crippen LogP contribution in [0.5, 0.6) is 5.75 Å². The predicted octanol–water partition coefficient (Wildman–Crippen LogP) is 6.12. The molecule has 0 saturated heterocycles. The van der Waals surface area contributed by atoms with Crippen molar-refractivity contribution >= 4 is 62.2 Å². The maximum absolute atomic E-state index is 11.4. The van der Waals surface area contributed by atoms with E-state index in [1.54, 1.807) is 36.4 Å². The molecule has 0 atom stereocenters. The Labute approximate surface area is 183 Å². The summed E-state index contributed by atoms with van der Waals surface area (Å²) in [6.07, 6.45) is 1.44. The highest BCUT2D eigenvalue weighted by Crippen LogP contribution is 2.38. The largest absolute Gasteiger partial charge is 0.507 e. The zero-order valence-electron chi connectivity index (χ0n) is 15.0. The van der Waals surface area contributed by atoms with Gasteiger partial charge in [0.25, 0.3) is 11.4 Å². The molecule has 3 aromatic rings. The van der Waals surface area contributed by atoms with Gasteiger partial charge in [-0.15, -0.1) is 0 Å². The highest BCUT2D eigenvalue weighted by molar-refractivity contribution is 9.10. The fourth-order valence-electron chi connectivity index (χ4n) is 2.55. The molecule has 0 saturated carbocycles. The number of aliphatic imine (C=N–C) groups is 1. The van der Waals surface area contributed by atoms with Gasteiger partial charge >= 0.3 is 0 Å². The number of hydrogen-bond acceptors (Lipinski definition) is 7. The molecule has 0 aliphatic heterocycles. The van der Waals surface area contributed by atoms with Gasteiger partial charge in [0.2, 0.25) is 0 Å². The van der Waals surface area contributed by atoms with Crippen molar-refractivity contribution in [2.24, 2.45) is 4.99 Å². The monoisotopic (exact) mass is 490 g/mol. The van der Waals surface area contributed by atoms with Crippen molar-refractivity contribution in [3.63, 3.8) is 0 Å². The van der Waals surface area contributed by atoms with E-state index in [-0.39, 0.29) is 16.5 Å². The molecule has 0 heterocycles. The fourth-order valence-corrected chi connectivity index (χ4v) is 3.16. The van der Waals surface area contributed by atoms with Crippen molar-refractivity contribution in [2.75, 3.05) is 5.32 Å². The minimum atomic E-state index is -0.790. The van der Waals surface area contributed by atoms with E-state index < -0.39 is 21.2 Å². The molecule has 30 heavy (non-hydrogen) atoms. The number of nitrogens with one attached hydrogen (secondary N) is 1. The maximum Gasteiger partial charge on any atom is 0.299 e. The Balaban J connectivity index is 2.00. The molecule has 152 valence electrons. The molecule has 3 aromatic carbocycles. The number of nitro groups is 2. The van der Waals surface area contributed by atoms with Gasteiger partial charge in [0.15, 0.2) is 0 Å². The van der Waals surface area contributed by atoms with Crippen LogP contribution in [0.3, 0.4) is 0 Å². The van der Waals surface area contributed by atoms with E-state index in [1.165, 1.54) is 12.3 Å². The van der Waals surface area contributed by atoms with Crippen molar-refractivity contribution in [1.82, 2.24) is 0 Å². The Kier molecular flexibility index (Phi) is 6.28. The standard InChI is InChI=1S/C19H12BrClN4O5/c20-12-5-6-19(26)11(7-12)10-22-14-3-1-2-4-15(14)23-16-8-13(21)17(24(27)28)9-18(16)25(29)30/h1-10,23,26H. The second kappa shape index (κ2) is 8.89. The van der Waals surface area contributed by atoms with Crippen LogP contribution in [0.2, 0.25) is 5.02 Å². The lowest BCUT2D eigenvalue weighted by Gasteiger charge is -2.10. The van der Waals surface area contributed by atoms with E-state index in [9.17, 15) is 25.3 Å². The number of phenols is 1. The van der Waals surface area contributed by atoms with Gasteiger partial charge < -0.3 is 10.4 Å². The molecule has 0 aromatic heterocycles. The molecule has 11 heteroatoms. The molecule has 0 spiro atoms. The number of hydrogen-bond donors (Lipinski definition) is 2. The Hall–Kier alpha value is -3.50. The third kappa shape index (κ3) is 4.73. The number of nitro benzene ring substituents is 2. The molecule has 0 fully saturated rings. The number of phenolic OH excluding ortho intramolecular Hbond substituents is 1. The molecule has 0 aliphatic rings. The Morgan fingerprint density at radius 3 is 2.40 bits per heavy atom. The number of rotatable bonds is 6. The van der Waals surface area contributed by atoms with Gasteiger partial charge in [-0.1, -0.05) is 39.7 Å². The average molecular weight is 492 g/mol. The third-order valence-corrected chi connectivity index (χ3v) is 4.76. The minimum Gasteiger partial charge on any atom is -0.507 e. The van der Waals surface area contributed by atoms with Crippen LogP contribution in [0.15, 0.2) is 64.1 Å². The first kappa shape index (κ1) is 21.2. The third-order valence-electron chi connectivity index (χ3n) is 3.96. The van der Waals surface area contributed by atoms with Crippen LogP contribution >= 0.6 is 27.5 Å². The second-order valence-corrected chi connectivity index (χ2v) is 7.26. The SMILES string of the molecule is O=[N+]([O-])c1cc([N+](=O)[O-])c(Nc2ccccc2N=Cc2cc(Br)ccc2O)cc1Cl. The summed E-state index contributed by atoms with van der Waals surface area (Å²) in [6, 6.07) is 13.5. The number of halogens is 2. The molecule has 0 unspecified atom stereocenters. The summed E-state index contributed by atoms with van der Waals surface area (Å²) in [5.41, 5.74) is 0.184. The normalized spacial score (nSPS) is 10.9. The van der Waals surface area contributed by atoms with Gasteiger partial charge in [-0.25, -0.2) is 0 Å². The maximum atomic E-state index is 11.4. The molecule has 3 rings (SSSR count). The summed E-state index contributed by atoms with van der Waals surface area (Å²) in [4.78, 5) is 25.2. The first-order valence-electron chi connectivity index (χ1n) is 8.27. The van der Waals surface area contributed by atoms with E-state index >= 15 is 0 Å². The molecular formula is C19H12BrClN4O5. The summed E-state index contributed by atoms with van der Waals surface area (Å²) >= 11 is 9.23. The van der Waals surface area contributed by atoms with Crippen LogP contribution in [0.1, 0.15) is 5.56 Å².